The van der Waals surface area contributed by atoms with Crippen LogP contribution >= 0.6 is 0 Å². The normalized spacial score (nSPS) is 17.6. The van der Waals surface area contributed by atoms with E-state index in [9.17, 15) is 14.4 Å². The first-order chi connectivity index (χ1) is 15.5. The zero-order valence-corrected chi connectivity index (χ0v) is 18.6. The Morgan fingerprint density at radius 2 is 1.84 bits per heavy atom. The molecular weight excluding hydrogens is 406 g/mol. The molecule has 32 heavy (non-hydrogen) atoms. The largest absolute Gasteiger partial charge is 0.497 e. The van der Waals surface area contributed by atoms with Crippen molar-refractivity contribution in [3.63, 3.8) is 0 Å². The number of rotatable bonds is 5. The fraction of sp³-hybridized carbons (Fsp3) is 0.400. The fourth-order valence-corrected chi connectivity index (χ4v) is 4.42. The number of methoxy groups -OCH3 is 1. The summed E-state index contributed by atoms with van der Waals surface area (Å²) >= 11 is 0. The minimum atomic E-state index is -0.546. The lowest BCUT2D eigenvalue weighted by molar-refractivity contribution is -0.135. The zero-order chi connectivity index (χ0) is 22.7. The molecule has 7 nitrogen and oxygen atoms in total. The van der Waals surface area contributed by atoms with Gasteiger partial charge in [-0.1, -0.05) is 19.1 Å². The van der Waals surface area contributed by atoms with Crippen molar-refractivity contribution < 1.29 is 19.1 Å². The van der Waals surface area contributed by atoms with E-state index in [0.717, 1.165) is 37.1 Å². The number of anilines is 1. The molecule has 0 aromatic heterocycles. The van der Waals surface area contributed by atoms with Crippen molar-refractivity contribution in [1.82, 2.24) is 9.80 Å². The number of nitrogens with zero attached hydrogens (tertiary/aromatic N) is 2. The topological polar surface area (TPSA) is 79.0 Å². The second-order valence-corrected chi connectivity index (χ2v) is 8.30. The Bertz CT molecular complexity index is 1030. The maximum absolute atomic E-state index is 13.5. The molecule has 2 aromatic rings. The van der Waals surface area contributed by atoms with Gasteiger partial charge in [0.05, 0.1) is 7.11 Å². The lowest BCUT2D eigenvalue weighted by Gasteiger charge is -2.38. The Morgan fingerprint density at radius 3 is 2.56 bits per heavy atom. The smallest absolute Gasteiger partial charge is 0.254 e. The van der Waals surface area contributed by atoms with Gasteiger partial charge in [-0.25, -0.2) is 0 Å². The molecule has 2 heterocycles. The van der Waals surface area contributed by atoms with E-state index in [1.54, 1.807) is 43.2 Å². The number of hydrogen-bond acceptors (Lipinski definition) is 4. The van der Waals surface area contributed by atoms with Crippen LogP contribution in [0.15, 0.2) is 42.5 Å². The van der Waals surface area contributed by atoms with Crippen molar-refractivity contribution in [3.8, 4) is 5.75 Å². The Balaban J connectivity index is 1.67. The monoisotopic (exact) mass is 435 g/mol. The van der Waals surface area contributed by atoms with Crippen LogP contribution in [-0.2, 0) is 22.6 Å². The van der Waals surface area contributed by atoms with Crippen LogP contribution in [0.4, 0.5) is 5.69 Å². The number of amides is 3. The van der Waals surface area contributed by atoms with Crippen LogP contribution in [0.25, 0.3) is 0 Å². The molecule has 2 aliphatic rings. The van der Waals surface area contributed by atoms with Gasteiger partial charge in [0.25, 0.3) is 5.91 Å². The average molecular weight is 436 g/mol. The molecule has 3 amide bonds. The number of benzene rings is 2. The molecule has 0 saturated carbocycles. The van der Waals surface area contributed by atoms with Crippen molar-refractivity contribution in [2.75, 3.05) is 25.5 Å². The molecule has 0 spiro atoms. The molecule has 0 radical (unpaired) electrons. The van der Waals surface area contributed by atoms with Crippen molar-refractivity contribution >= 4 is 23.4 Å². The third-order valence-electron chi connectivity index (χ3n) is 6.22. The molecule has 1 N–H and O–H groups in total. The molecule has 2 aromatic carbocycles. The van der Waals surface area contributed by atoms with Crippen molar-refractivity contribution in [3.05, 3.63) is 59.2 Å². The number of nitrogens with one attached hydrogen (secondary N) is 1. The van der Waals surface area contributed by atoms with E-state index in [1.165, 1.54) is 0 Å². The Hall–Kier alpha value is -3.35. The first-order valence-corrected chi connectivity index (χ1v) is 11.2. The summed E-state index contributed by atoms with van der Waals surface area (Å²) in [5.74, 6) is 0.343. The molecular formula is C25H29N3O4. The summed E-state index contributed by atoms with van der Waals surface area (Å²) in [5, 5.41) is 2.88. The lowest BCUT2D eigenvalue weighted by atomic mass is 9.92. The van der Waals surface area contributed by atoms with E-state index in [-0.39, 0.29) is 17.7 Å². The Kier molecular flexibility index (Phi) is 6.44. The highest BCUT2D eigenvalue weighted by atomic mass is 16.5. The molecule has 7 heteroatoms. The van der Waals surface area contributed by atoms with Crippen LogP contribution in [0.3, 0.4) is 0 Å². The van der Waals surface area contributed by atoms with Crippen LogP contribution in [0.2, 0.25) is 0 Å². The maximum Gasteiger partial charge on any atom is 0.254 e. The fourth-order valence-electron chi connectivity index (χ4n) is 4.42. The molecule has 4 rings (SSSR count). The summed E-state index contributed by atoms with van der Waals surface area (Å²) in [6, 6.07) is 12.2. The molecule has 1 atom stereocenters. The van der Waals surface area contributed by atoms with E-state index in [2.05, 4.69) is 5.32 Å². The van der Waals surface area contributed by atoms with Gasteiger partial charge in [0.15, 0.2) is 0 Å². The van der Waals surface area contributed by atoms with Gasteiger partial charge in [0.1, 0.15) is 11.8 Å². The summed E-state index contributed by atoms with van der Waals surface area (Å²) in [6.07, 6.45) is 2.85. The van der Waals surface area contributed by atoms with Crippen LogP contribution < -0.4 is 10.1 Å². The number of hydrogen-bond donors (Lipinski definition) is 1. The van der Waals surface area contributed by atoms with E-state index in [1.807, 2.05) is 23.1 Å². The quantitative estimate of drug-likeness (QED) is 0.782. The van der Waals surface area contributed by atoms with E-state index >= 15 is 0 Å². The first-order valence-electron chi connectivity index (χ1n) is 11.2. The highest BCUT2D eigenvalue weighted by molar-refractivity contribution is 5.98. The molecule has 0 bridgehead atoms. The van der Waals surface area contributed by atoms with Gasteiger partial charge in [-0.2, -0.15) is 0 Å². The highest BCUT2D eigenvalue weighted by Gasteiger charge is 2.38. The van der Waals surface area contributed by atoms with Gasteiger partial charge < -0.3 is 19.9 Å². The van der Waals surface area contributed by atoms with Crippen LogP contribution in [0.1, 0.15) is 47.7 Å². The first kappa shape index (κ1) is 21.9. The van der Waals surface area contributed by atoms with Gasteiger partial charge in [0.2, 0.25) is 11.8 Å². The lowest BCUT2D eigenvalue weighted by Crippen LogP contribution is -2.53. The molecule has 2 aliphatic heterocycles. The number of ether oxygens (including phenoxy) is 1. The highest BCUT2D eigenvalue weighted by Crippen LogP contribution is 2.30. The van der Waals surface area contributed by atoms with E-state index < -0.39 is 6.04 Å². The van der Waals surface area contributed by atoms with Gasteiger partial charge in [0, 0.05) is 43.7 Å². The maximum atomic E-state index is 13.5. The number of carbonyl (C=O) groups is 3. The summed E-state index contributed by atoms with van der Waals surface area (Å²) in [7, 11) is 1.56. The molecule has 0 aliphatic carbocycles. The van der Waals surface area contributed by atoms with Gasteiger partial charge >= 0.3 is 0 Å². The van der Waals surface area contributed by atoms with Crippen molar-refractivity contribution in [2.24, 2.45) is 0 Å². The third kappa shape index (κ3) is 4.47. The third-order valence-corrected chi connectivity index (χ3v) is 6.22. The molecule has 0 unspecified atom stereocenters. The zero-order valence-electron chi connectivity index (χ0n) is 18.6. The molecule has 1 saturated heterocycles. The van der Waals surface area contributed by atoms with Crippen LogP contribution in [0, 0.1) is 0 Å². The number of fused-ring (bicyclic) bond motifs is 1. The van der Waals surface area contributed by atoms with Gasteiger partial charge in [-0.05, 0) is 54.3 Å². The Morgan fingerprint density at radius 1 is 1.06 bits per heavy atom. The van der Waals surface area contributed by atoms with Crippen molar-refractivity contribution in [2.45, 2.75) is 45.2 Å². The van der Waals surface area contributed by atoms with Gasteiger partial charge in [-0.15, -0.1) is 0 Å². The predicted octanol–water partition coefficient (Wildman–Crippen LogP) is 3.23. The standard InChI is InChI=1S/C25H29N3O4/c1-3-23(29)26-20-10-9-17-15-22(25(31)27-11-4-5-12-27)28(16-19(17)13-20)24(30)18-7-6-8-21(14-18)32-2/h6-10,13-14,22H,3-5,11-12,15-16H2,1-2H3,(H,26,29)/t22-/m0/s1. The van der Waals surface area contributed by atoms with E-state index in [0.29, 0.717) is 36.4 Å². The molecule has 1 fully saturated rings. The molecule has 168 valence electrons. The van der Waals surface area contributed by atoms with E-state index in [4.69, 9.17) is 4.74 Å². The predicted molar refractivity (Wildman–Crippen MR) is 122 cm³/mol. The summed E-state index contributed by atoms with van der Waals surface area (Å²) in [4.78, 5) is 42.3. The summed E-state index contributed by atoms with van der Waals surface area (Å²) < 4.78 is 5.28. The number of carbonyl (C=O) groups excluding carboxylic acids is 3. The van der Waals surface area contributed by atoms with Crippen LogP contribution in [0.5, 0.6) is 5.75 Å². The van der Waals surface area contributed by atoms with Gasteiger partial charge in [-0.3, -0.25) is 14.4 Å². The summed E-state index contributed by atoms with van der Waals surface area (Å²) in [6.45, 7) is 3.60. The minimum Gasteiger partial charge on any atom is -0.497 e. The Labute approximate surface area is 188 Å². The minimum absolute atomic E-state index is 0.00718. The second kappa shape index (κ2) is 9.42. The SMILES string of the molecule is CCC(=O)Nc1ccc2c(c1)CN(C(=O)c1cccc(OC)c1)[C@H](C(=O)N1CCCC1)C2. The number of likely N-dealkylation sites (tertiary alicyclic amines) is 1. The van der Waals surface area contributed by atoms with Crippen molar-refractivity contribution in [1.29, 1.82) is 0 Å². The van der Waals surface area contributed by atoms with Crippen LogP contribution in [-0.4, -0.2) is 53.8 Å². The average Bonchev–Trinajstić information content (AvgIpc) is 3.37. The second-order valence-electron chi connectivity index (χ2n) is 8.30. The summed E-state index contributed by atoms with van der Waals surface area (Å²) in [5.41, 5.74) is 3.17.